The van der Waals surface area contributed by atoms with E-state index in [-0.39, 0.29) is 96.6 Å². The Morgan fingerprint density at radius 3 is 1.07 bits per heavy atom. The van der Waals surface area contributed by atoms with Crippen molar-refractivity contribution in [3.8, 4) is 0 Å². The Morgan fingerprint density at radius 2 is 0.819 bits per heavy atom. The molecule has 0 aromatic heterocycles. The maximum atomic E-state index is 11.0. The molecule has 0 aliphatic carbocycles. The van der Waals surface area contributed by atoms with E-state index in [1.165, 1.54) is 135 Å². The van der Waals surface area contributed by atoms with Gasteiger partial charge < -0.3 is 28.6 Å². The molecule has 0 radical (unpaired) electrons. The summed E-state index contributed by atoms with van der Waals surface area (Å²) < 4.78 is 108. The summed E-state index contributed by atoms with van der Waals surface area (Å²) in [7, 11) is -13.5. The number of hydrogen-bond donors (Lipinski definition) is 2. The van der Waals surface area contributed by atoms with Gasteiger partial charge in [0.25, 0.3) is 0 Å². The molecule has 0 amide bonds. The van der Waals surface area contributed by atoms with Crippen LogP contribution in [0.4, 0.5) is 0 Å². The number of hydrogen-bond acceptors (Lipinski definition) is 16. The molecule has 0 aromatic carbocycles. The second kappa shape index (κ2) is 55.4. The van der Waals surface area contributed by atoms with E-state index >= 15 is 0 Å². The Kier molecular flexibility index (Phi) is 61.9. The molecule has 24 heteroatoms. The Bertz CT molecular complexity index is 1550. The number of rotatable bonds is 45. The zero-order chi connectivity index (χ0) is 53.3. The van der Waals surface area contributed by atoms with Crippen LogP contribution in [0.3, 0.4) is 0 Å². The number of ether oxygens (including phenoxy) is 1. The minimum absolute atomic E-state index is 0. The van der Waals surface area contributed by atoms with Gasteiger partial charge in [0, 0.05) is 0 Å². The standard InChI is InChI=1S/C12H16N2O5.3C12H26O4S.2Na/c1-2-3-10-13-4-5-14(10,8-11(15)16)6-7-19-9-12(17)18;3*1-2-3-4-5-6-7-8-9-10-11-12-16-17(13,14)15;;/h2,4-5H,1,3,6-9H2,(H-,15,16,17,18);3*2-12H2,1H3,(H,13,14,15);;/q;;;;2*+1/p-2. The third kappa shape index (κ3) is 65.7. The van der Waals surface area contributed by atoms with E-state index < -0.39 is 49.7 Å². The molecule has 0 saturated carbocycles. The van der Waals surface area contributed by atoms with E-state index in [2.05, 4.69) is 44.9 Å². The van der Waals surface area contributed by atoms with Crippen molar-refractivity contribution in [2.24, 2.45) is 4.99 Å². The molecule has 0 spiro atoms. The van der Waals surface area contributed by atoms with Crippen LogP contribution in [0.5, 0.6) is 0 Å². The Balaban J connectivity index is -0.000000275. The van der Waals surface area contributed by atoms with Gasteiger partial charge in [-0.1, -0.05) is 200 Å². The fraction of sp³-hybridized carbons (Fsp3) is 0.854. The first-order chi connectivity index (χ1) is 33.2. The number of unbranched alkanes of at least 4 members (excludes halogenated alkanes) is 27. The first-order valence-electron chi connectivity index (χ1n) is 25.7. The van der Waals surface area contributed by atoms with Crippen molar-refractivity contribution < 1.29 is 140 Å². The average molecular weight is 1110 g/mol. The van der Waals surface area contributed by atoms with Crippen LogP contribution in [-0.2, 0) is 58.1 Å². The van der Waals surface area contributed by atoms with E-state index in [1.807, 2.05) is 0 Å². The van der Waals surface area contributed by atoms with Crippen molar-refractivity contribution in [1.29, 1.82) is 0 Å². The first-order valence-corrected chi connectivity index (χ1v) is 29.7. The van der Waals surface area contributed by atoms with E-state index in [1.54, 1.807) is 18.5 Å². The Labute approximate surface area is 480 Å². The number of aliphatic imine (C=N–C) groups is 1. The molecule has 0 aromatic rings. The van der Waals surface area contributed by atoms with E-state index in [4.69, 9.17) is 14.9 Å². The van der Waals surface area contributed by atoms with Gasteiger partial charge >= 0.3 is 71.1 Å². The van der Waals surface area contributed by atoms with Crippen molar-refractivity contribution in [1.82, 2.24) is 0 Å². The normalized spacial score (nSPS) is 14.0. The van der Waals surface area contributed by atoms with Crippen molar-refractivity contribution in [2.45, 2.75) is 220 Å². The van der Waals surface area contributed by atoms with E-state index in [0.29, 0.717) is 38.1 Å². The number of carboxylic acid groups (broad SMARTS) is 2. The SMILES string of the molecule is C=CCC1=NC=C[N+]1(CCOCC(=O)O)CC(=O)O.CCCCCCCCCCCCOS(=O)(=O)[O-].CCCCCCCCCCCCOS(=O)(=O)[O-].CCCCCCCCCCCCOS(=O)(=O)[O-].[Na+].[Na+]. The third-order valence-corrected chi connectivity index (χ3v) is 12.2. The van der Waals surface area contributed by atoms with Gasteiger partial charge in [0.15, 0.2) is 6.54 Å². The fourth-order valence-electron chi connectivity index (χ4n) is 7.12. The molecule has 0 fully saturated rings. The third-order valence-electron chi connectivity index (χ3n) is 10.9. The van der Waals surface area contributed by atoms with Crippen molar-refractivity contribution in [3.63, 3.8) is 0 Å². The average Bonchev–Trinajstić information content (AvgIpc) is 3.65. The van der Waals surface area contributed by atoms with Gasteiger partial charge in [-0.15, -0.1) is 6.58 Å². The molecular weight excluding hydrogens is 1020 g/mol. The predicted molar refractivity (Wildman–Crippen MR) is 270 cm³/mol. The second-order valence-corrected chi connectivity index (χ2v) is 20.5. The summed E-state index contributed by atoms with van der Waals surface area (Å²) in [5, 5.41) is 17.5. The van der Waals surface area contributed by atoms with Gasteiger partial charge in [-0.2, -0.15) is 0 Å². The largest absolute Gasteiger partial charge is 1.00 e. The molecule has 1 atom stereocenters. The van der Waals surface area contributed by atoms with Gasteiger partial charge in [0.05, 0.1) is 39.0 Å². The van der Waals surface area contributed by atoms with Crippen LogP contribution in [0.2, 0.25) is 0 Å². The number of aliphatic carboxylic acids is 2. The van der Waals surface area contributed by atoms with Crippen LogP contribution in [0.1, 0.15) is 220 Å². The maximum absolute atomic E-state index is 11.0. The van der Waals surface area contributed by atoms with Crippen LogP contribution in [0.25, 0.3) is 0 Å². The predicted octanol–water partition coefficient (Wildman–Crippen LogP) is 4.61. The van der Waals surface area contributed by atoms with Crippen LogP contribution >= 0.6 is 0 Å². The smallest absolute Gasteiger partial charge is 0.726 e. The summed E-state index contributed by atoms with van der Waals surface area (Å²) in [6.45, 7) is 10.3. The fourth-order valence-corrected chi connectivity index (χ4v) is 8.08. The minimum atomic E-state index is -4.48. The summed E-state index contributed by atoms with van der Waals surface area (Å²) in [5.41, 5.74) is 0. The van der Waals surface area contributed by atoms with Gasteiger partial charge in [-0.25, -0.2) is 44.3 Å². The molecule has 1 aliphatic heterocycles. The maximum Gasteiger partial charge on any atom is 1.00 e. The number of carboxylic acids is 2. The molecule has 416 valence electrons. The van der Waals surface area contributed by atoms with Crippen molar-refractivity contribution in [2.75, 3.05) is 46.1 Å². The van der Waals surface area contributed by atoms with Crippen LogP contribution in [0.15, 0.2) is 30.0 Å². The quantitative estimate of drug-likeness (QED) is 0.0210. The molecule has 2 N–H and O–H groups in total. The van der Waals surface area contributed by atoms with E-state index in [0.717, 1.165) is 38.5 Å². The zero-order valence-electron chi connectivity index (χ0n) is 44.9. The zero-order valence-corrected chi connectivity index (χ0v) is 51.4. The topological polar surface area (TPSA) is 295 Å². The van der Waals surface area contributed by atoms with Crippen molar-refractivity contribution >= 4 is 49.0 Å². The molecule has 1 rings (SSSR count). The summed E-state index contributed by atoms with van der Waals surface area (Å²) in [5.74, 6) is -1.35. The molecule has 1 heterocycles. The van der Waals surface area contributed by atoms with Crippen molar-refractivity contribution in [3.05, 3.63) is 25.1 Å². The molecule has 72 heavy (non-hydrogen) atoms. The molecule has 1 aliphatic rings. The van der Waals surface area contributed by atoms with Gasteiger partial charge in [-0.3, -0.25) is 12.5 Å². The van der Waals surface area contributed by atoms with Crippen LogP contribution in [0, 0.1) is 0 Å². The molecule has 1 unspecified atom stereocenters. The second-order valence-electron chi connectivity index (χ2n) is 17.3. The Hall–Kier alpha value is -0.380. The summed E-state index contributed by atoms with van der Waals surface area (Å²) >= 11 is 0. The number of nitrogens with zero attached hydrogens (tertiary/aromatic N) is 2. The van der Waals surface area contributed by atoms with Gasteiger partial charge in [0.2, 0.25) is 37.0 Å². The summed E-state index contributed by atoms with van der Waals surface area (Å²) in [6.07, 6.45) is 40.5. The van der Waals surface area contributed by atoms with Crippen LogP contribution < -0.4 is 59.1 Å². The molecule has 0 bridgehead atoms. The first kappa shape index (κ1) is 80.5. The number of quaternary nitrogens is 1. The number of amidine groups is 1. The minimum Gasteiger partial charge on any atom is -0.726 e. The van der Waals surface area contributed by atoms with Gasteiger partial charge in [-0.05, 0) is 19.3 Å². The molecular formula is C48H92N2Na2O17S3. The number of carbonyl (C=O) groups is 2. The van der Waals surface area contributed by atoms with E-state index in [9.17, 15) is 48.5 Å². The molecule has 19 nitrogen and oxygen atoms in total. The summed E-state index contributed by atoms with van der Waals surface area (Å²) in [6, 6.07) is 0. The van der Waals surface area contributed by atoms with Crippen LogP contribution in [-0.4, -0.2) is 118 Å². The monoisotopic (exact) mass is 1110 g/mol. The molecule has 0 saturated heterocycles. The van der Waals surface area contributed by atoms with Gasteiger partial charge in [0.1, 0.15) is 19.4 Å². The summed E-state index contributed by atoms with van der Waals surface area (Å²) in [4.78, 5) is 25.5. The Morgan fingerprint density at radius 1 is 0.528 bits per heavy atom.